The smallest absolute Gasteiger partial charge is 0.406 e. The number of rotatable bonds is 5. The predicted octanol–water partition coefficient (Wildman–Crippen LogP) is 2.10. The lowest BCUT2D eigenvalue weighted by Gasteiger charge is -2.13. The zero-order valence-corrected chi connectivity index (χ0v) is 14.4. The molecule has 0 aliphatic heterocycles. The number of hydrogen-bond acceptors (Lipinski definition) is 4. The molecule has 0 saturated carbocycles. The van der Waals surface area contributed by atoms with Crippen molar-refractivity contribution in [1.29, 1.82) is 0 Å². The van der Waals surface area contributed by atoms with Crippen molar-refractivity contribution in [2.75, 3.05) is 5.32 Å². The number of halogens is 3. The van der Waals surface area contributed by atoms with Crippen LogP contribution < -0.4 is 21.3 Å². The van der Waals surface area contributed by atoms with Crippen LogP contribution in [0.5, 0.6) is 5.75 Å². The van der Waals surface area contributed by atoms with Crippen LogP contribution >= 0.6 is 0 Å². The monoisotopic (exact) mass is 383 g/mol. The Morgan fingerprint density at radius 3 is 2.30 bits per heavy atom. The molecule has 0 spiro atoms. The van der Waals surface area contributed by atoms with Crippen molar-refractivity contribution >= 4 is 17.5 Å². The standard InChI is InChI=1S/C17H16F3N3O4/c1-9-7-10(2)23(16(26)14(9)15(21)25)8-13(24)22-11-3-5-12(6-4-11)27-17(18,19)20/h3-7H,8H2,1-2H3,(H2,21,25)(H,22,24). The van der Waals surface area contributed by atoms with E-state index in [0.29, 0.717) is 11.3 Å². The Labute approximate surface area is 151 Å². The summed E-state index contributed by atoms with van der Waals surface area (Å²) < 4.78 is 41.2. The fourth-order valence-electron chi connectivity index (χ4n) is 2.51. The second-order valence-electron chi connectivity index (χ2n) is 5.72. The van der Waals surface area contributed by atoms with Gasteiger partial charge in [-0.15, -0.1) is 13.2 Å². The zero-order valence-electron chi connectivity index (χ0n) is 14.4. The van der Waals surface area contributed by atoms with Gasteiger partial charge < -0.3 is 20.4 Å². The minimum Gasteiger partial charge on any atom is -0.406 e. The minimum atomic E-state index is -4.81. The Kier molecular flexibility index (Phi) is 5.58. The Morgan fingerprint density at radius 1 is 1.19 bits per heavy atom. The van der Waals surface area contributed by atoms with E-state index in [4.69, 9.17) is 5.73 Å². The van der Waals surface area contributed by atoms with Gasteiger partial charge in [0.15, 0.2) is 0 Å². The molecule has 1 heterocycles. The van der Waals surface area contributed by atoms with Gasteiger partial charge in [-0.3, -0.25) is 14.4 Å². The predicted molar refractivity (Wildman–Crippen MR) is 90.4 cm³/mol. The number of carbonyl (C=O) groups is 2. The summed E-state index contributed by atoms with van der Waals surface area (Å²) in [5, 5.41) is 2.45. The molecule has 10 heteroatoms. The van der Waals surface area contributed by atoms with Crippen molar-refractivity contribution in [2.24, 2.45) is 5.73 Å². The highest BCUT2D eigenvalue weighted by molar-refractivity contribution is 5.94. The number of pyridine rings is 1. The summed E-state index contributed by atoms with van der Waals surface area (Å²) in [4.78, 5) is 36.0. The second kappa shape index (κ2) is 7.52. The molecular weight excluding hydrogens is 367 g/mol. The van der Waals surface area contributed by atoms with Gasteiger partial charge in [0.25, 0.3) is 11.5 Å². The van der Waals surface area contributed by atoms with Gasteiger partial charge in [-0.05, 0) is 49.7 Å². The van der Waals surface area contributed by atoms with Crippen molar-refractivity contribution in [3.8, 4) is 5.75 Å². The molecule has 0 unspecified atom stereocenters. The molecule has 0 bridgehead atoms. The Morgan fingerprint density at radius 2 is 1.78 bits per heavy atom. The average molecular weight is 383 g/mol. The van der Waals surface area contributed by atoms with Gasteiger partial charge in [0.05, 0.1) is 0 Å². The van der Waals surface area contributed by atoms with E-state index in [0.717, 1.165) is 16.7 Å². The van der Waals surface area contributed by atoms with Gasteiger partial charge >= 0.3 is 6.36 Å². The van der Waals surface area contributed by atoms with Gasteiger partial charge in [0.1, 0.15) is 17.9 Å². The fourth-order valence-corrected chi connectivity index (χ4v) is 2.51. The van der Waals surface area contributed by atoms with E-state index < -0.39 is 36.0 Å². The van der Waals surface area contributed by atoms with Crippen molar-refractivity contribution in [3.05, 3.63) is 57.5 Å². The van der Waals surface area contributed by atoms with Crippen LogP contribution in [0.2, 0.25) is 0 Å². The zero-order chi connectivity index (χ0) is 20.4. The Hall–Kier alpha value is -3.30. The molecule has 0 radical (unpaired) electrons. The topological polar surface area (TPSA) is 103 Å². The van der Waals surface area contributed by atoms with Gasteiger partial charge in [-0.2, -0.15) is 0 Å². The highest BCUT2D eigenvalue weighted by Crippen LogP contribution is 2.23. The maximum atomic E-state index is 12.4. The molecule has 0 aliphatic carbocycles. The molecule has 27 heavy (non-hydrogen) atoms. The SMILES string of the molecule is Cc1cc(C)n(CC(=O)Nc2ccc(OC(F)(F)F)cc2)c(=O)c1C(N)=O. The van der Waals surface area contributed by atoms with Crippen molar-refractivity contribution in [2.45, 2.75) is 26.8 Å². The molecule has 1 aromatic heterocycles. The van der Waals surface area contributed by atoms with Gasteiger partial charge in [0, 0.05) is 11.4 Å². The van der Waals surface area contributed by atoms with Gasteiger partial charge in [0.2, 0.25) is 5.91 Å². The molecule has 2 rings (SSSR count). The van der Waals surface area contributed by atoms with Crippen LogP contribution in [0, 0.1) is 13.8 Å². The van der Waals surface area contributed by atoms with E-state index in [1.807, 2.05) is 0 Å². The van der Waals surface area contributed by atoms with E-state index in [1.165, 1.54) is 12.1 Å². The number of amides is 2. The Bertz CT molecular complexity index is 934. The number of anilines is 1. The molecule has 2 amide bonds. The second-order valence-corrected chi connectivity index (χ2v) is 5.72. The molecule has 0 fully saturated rings. The number of alkyl halides is 3. The number of aromatic nitrogens is 1. The summed E-state index contributed by atoms with van der Waals surface area (Å²) in [6.07, 6.45) is -4.81. The van der Waals surface area contributed by atoms with Crippen LogP contribution in [0.1, 0.15) is 21.6 Å². The molecule has 0 saturated heterocycles. The summed E-state index contributed by atoms with van der Waals surface area (Å²) in [7, 11) is 0. The molecule has 0 atom stereocenters. The molecule has 0 aliphatic rings. The lowest BCUT2D eigenvalue weighted by molar-refractivity contribution is -0.274. The maximum absolute atomic E-state index is 12.4. The van der Waals surface area contributed by atoms with Crippen LogP contribution in [0.4, 0.5) is 18.9 Å². The summed E-state index contributed by atoms with van der Waals surface area (Å²) in [5.41, 5.74) is 5.37. The highest BCUT2D eigenvalue weighted by atomic mass is 19.4. The third-order valence-electron chi connectivity index (χ3n) is 3.62. The number of ether oxygens (including phenoxy) is 1. The first-order chi connectivity index (χ1) is 12.5. The molecule has 7 nitrogen and oxygen atoms in total. The van der Waals surface area contributed by atoms with E-state index in [1.54, 1.807) is 19.9 Å². The largest absolute Gasteiger partial charge is 0.573 e. The fraction of sp³-hybridized carbons (Fsp3) is 0.235. The number of aryl methyl sites for hydroxylation is 2. The lowest BCUT2D eigenvalue weighted by Crippen LogP contribution is -2.35. The van der Waals surface area contributed by atoms with Crippen LogP contribution in [0.25, 0.3) is 0 Å². The molecule has 3 N–H and O–H groups in total. The number of benzene rings is 1. The summed E-state index contributed by atoms with van der Waals surface area (Å²) in [6, 6.07) is 6.07. The summed E-state index contributed by atoms with van der Waals surface area (Å²) in [6.45, 7) is 2.76. The number of primary amides is 1. The van der Waals surface area contributed by atoms with E-state index in [2.05, 4.69) is 10.1 Å². The first-order valence-corrected chi connectivity index (χ1v) is 7.64. The van der Waals surface area contributed by atoms with Gasteiger partial charge in [-0.25, -0.2) is 0 Å². The van der Waals surface area contributed by atoms with Crippen molar-refractivity contribution in [3.63, 3.8) is 0 Å². The molecule has 2 aromatic rings. The van der Waals surface area contributed by atoms with E-state index in [9.17, 15) is 27.6 Å². The highest BCUT2D eigenvalue weighted by Gasteiger charge is 2.31. The minimum absolute atomic E-state index is 0.206. The van der Waals surface area contributed by atoms with Gasteiger partial charge in [-0.1, -0.05) is 0 Å². The number of nitrogens with two attached hydrogens (primary N) is 1. The number of carbonyl (C=O) groups excluding carboxylic acids is 2. The summed E-state index contributed by atoms with van der Waals surface area (Å²) in [5.74, 6) is -1.94. The average Bonchev–Trinajstić information content (AvgIpc) is 2.51. The van der Waals surface area contributed by atoms with Crippen molar-refractivity contribution in [1.82, 2.24) is 4.57 Å². The lowest BCUT2D eigenvalue weighted by atomic mass is 10.1. The van der Waals surface area contributed by atoms with E-state index in [-0.39, 0.29) is 11.3 Å². The molecule has 1 aromatic carbocycles. The van der Waals surface area contributed by atoms with Crippen LogP contribution in [0.3, 0.4) is 0 Å². The van der Waals surface area contributed by atoms with Crippen LogP contribution in [0.15, 0.2) is 35.1 Å². The number of nitrogens with one attached hydrogen (secondary N) is 1. The molecule has 144 valence electrons. The Balaban J connectivity index is 2.16. The third kappa shape index (κ3) is 5.09. The normalized spacial score (nSPS) is 11.1. The van der Waals surface area contributed by atoms with Crippen molar-refractivity contribution < 1.29 is 27.5 Å². The maximum Gasteiger partial charge on any atom is 0.573 e. The number of nitrogens with zero attached hydrogens (tertiary/aromatic N) is 1. The third-order valence-corrected chi connectivity index (χ3v) is 3.62. The quantitative estimate of drug-likeness (QED) is 0.825. The van der Waals surface area contributed by atoms with Crippen LogP contribution in [-0.4, -0.2) is 22.7 Å². The van der Waals surface area contributed by atoms with Crippen LogP contribution in [-0.2, 0) is 11.3 Å². The number of hydrogen-bond donors (Lipinski definition) is 2. The summed E-state index contributed by atoms with van der Waals surface area (Å²) >= 11 is 0. The first kappa shape index (κ1) is 20.0. The first-order valence-electron chi connectivity index (χ1n) is 7.64. The van der Waals surface area contributed by atoms with E-state index >= 15 is 0 Å². The molecular formula is C17H16F3N3O4.